The Labute approximate surface area is 156 Å². The third kappa shape index (κ3) is 3.57. The van der Waals surface area contributed by atoms with Crippen molar-refractivity contribution in [1.82, 2.24) is 15.1 Å². The van der Waals surface area contributed by atoms with Crippen LogP contribution < -0.4 is 10.6 Å². The van der Waals surface area contributed by atoms with Gasteiger partial charge >= 0.3 is 6.18 Å². The third-order valence-corrected chi connectivity index (χ3v) is 5.30. The second-order valence-corrected chi connectivity index (χ2v) is 7.11. The minimum atomic E-state index is -4.47. The molecule has 2 atom stereocenters. The Kier molecular flexibility index (Phi) is 4.42. The standard InChI is InChI=1S/C17H15F3N4O2S/c18-17(19,20)14-7-11(13-4-2-6-27-13)22-15-8-12(23-24(14)15)16(25)21-9-10-3-1-5-26-10/h1-6,8,11,14,22H,7,9H2,(H,21,25)/t11-,14-/m0/s1. The number of anilines is 1. The quantitative estimate of drug-likeness (QED) is 0.696. The van der Waals surface area contributed by atoms with E-state index in [1.807, 2.05) is 5.38 Å². The number of carbonyl (C=O) groups excluding carboxylic acids is 1. The van der Waals surface area contributed by atoms with E-state index in [9.17, 15) is 18.0 Å². The van der Waals surface area contributed by atoms with Gasteiger partial charge in [0.1, 0.15) is 11.6 Å². The molecule has 0 unspecified atom stereocenters. The topological polar surface area (TPSA) is 72.1 Å². The summed E-state index contributed by atoms with van der Waals surface area (Å²) in [5.74, 6) is 0.144. The number of furan rings is 1. The first-order valence-electron chi connectivity index (χ1n) is 8.18. The number of rotatable bonds is 4. The number of hydrogen-bond acceptors (Lipinski definition) is 5. The molecule has 142 valence electrons. The van der Waals surface area contributed by atoms with Gasteiger partial charge in [0, 0.05) is 17.4 Å². The van der Waals surface area contributed by atoms with Crippen LogP contribution in [-0.2, 0) is 6.54 Å². The zero-order valence-electron chi connectivity index (χ0n) is 13.9. The van der Waals surface area contributed by atoms with E-state index in [1.54, 1.807) is 24.3 Å². The van der Waals surface area contributed by atoms with Crippen LogP contribution in [0.4, 0.5) is 19.0 Å². The van der Waals surface area contributed by atoms with Crippen molar-refractivity contribution in [2.24, 2.45) is 0 Å². The summed E-state index contributed by atoms with van der Waals surface area (Å²) >= 11 is 1.39. The molecule has 2 N–H and O–H groups in total. The smallest absolute Gasteiger partial charge is 0.410 e. The number of fused-ring (bicyclic) bond motifs is 1. The number of thiophene rings is 1. The molecule has 4 heterocycles. The minimum absolute atomic E-state index is 0.0786. The van der Waals surface area contributed by atoms with Gasteiger partial charge < -0.3 is 15.1 Å². The highest BCUT2D eigenvalue weighted by molar-refractivity contribution is 7.10. The van der Waals surface area contributed by atoms with Gasteiger partial charge in [-0.3, -0.25) is 4.79 Å². The van der Waals surface area contributed by atoms with Crippen LogP contribution in [0.1, 0.15) is 39.6 Å². The van der Waals surface area contributed by atoms with E-state index in [2.05, 4.69) is 15.7 Å². The van der Waals surface area contributed by atoms with Gasteiger partial charge in [0.15, 0.2) is 11.7 Å². The van der Waals surface area contributed by atoms with Crippen LogP contribution in [0.25, 0.3) is 0 Å². The lowest BCUT2D eigenvalue weighted by Crippen LogP contribution is -2.35. The normalized spacial score (nSPS) is 19.4. The van der Waals surface area contributed by atoms with Crippen LogP contribution in [0.2, 0.25) is 0 Å². The molecular formula is C17H15F3N4O2S. The van der Waals surface area contributed by atoms with Crippen LogP contribution in [-0.4, -0.2) is 21.9 Å². The molecule has 10 heteroatoms. The average molecular weight is 396 g/mol. The fourth-order valence-electron chi connectivity index (χ4n) is 3.03. The second-order valence-electron chi connectivity index (χ2n) is 6.13. The van der Waals surface area contributed by atoms with Gasteiger partial charge in [-0.15, -0.1) is 11.3 Å². The third-order valence-electron chi connectivity index (χ3n) is 4.31. The zero-order chi connectivity index (χ0) is 19.0. The molecule has 3 aromatic heterocycles. The monoisotopic (exact) mass is 396 g/mol. The van der Waals surface area contributed by atoms with Crippen LogP contribution in [0.3, 0.4) is 0 Å². The first-order valence-corrected chi connectivity index (χ1v) is 9.06. The Morgan fingerprint density at radius 2 is 2.26 bits per heavy atom. The first-order chi connectivity index (χ1) is 12.9. The predicted molar refractivity (Wildman–Crippen MR) is 92.5 cm³/mol. The van der Waals surface area contributed by atoms with E-state index in [4.69, 9.17) is 4.42 Å². The van der Waals surface area contributed by atoms with Crippen LogP contribution in [0.5, 0.6) is 0 Å². The van der Waals surface area contributed by atoms with Gasteiger partial charge in [0.05, 0.1) is 18.8 Å². The summed E-state index contributed by atoms with van der Waals surface area (Å²) in [5, 5.41) is 11.4. The summed E-state index contributed by atoms with van der Waals surface area (Å²) in [6.45, 7) is 0.127. The Hall–Kier alpha value is -2.75. The molecule has 0 fully saturated rings. The molecule has 3 aromatic rings. The number of hydrogen-bond donors (Lipinski definition) is 2. The number of nitrogens with one attached hydrogen (secondary N) is 2. The maximum absolute atomic E-state index is 13.6. The molecule has 1 amide bonds. The lowest BCUT2D eigenvalue weighted by Gasteiger charge is -2.32. The molecule has 1 aliphatic rings. The Balaban J connectivity index is 1.58. The summed E-state index contributed by atoms with van der Waals surface area (Å²) in [5.41, 5.74) is -0.0786. The van der Waals surface area contributed by atoms with E-state index in [1.165, 1.54) is 23.7 Å². The van der Waals surface area contributed by atoms with Gasteiger partial charge in [0.2, 0.25) is 0 Å². The predicted octanol–water partition coefficient (Wildman–Crippen LogP) is 4.13. The van der Waals surface area contributed by atoms with Crippen molar-refractivity contribution in [1.29, 1.82) is 0 Å². The maximum Gasteiger partial charge on any atom is 0.410 e. The van der Waals surface area contributed by atoms with Crippen molar-refractivity contribution < 1.29 is 22.4 Å². The number of aromatic nitrogens is 2. The number of nitrogens with zero attached hydrogens (tertiary/aromatic N) is 2. The summed E-state index contributed by atoms with van der Waals surface area (Å²) in [6.07, 6.45) is -3.19. The van der Waals surface area contributed by atoms with Gasteiger partial charge in [-0.2, -0.15) is 18.3 Å². The molecule has 27 heavy (non-hydrogen) atoms. The van der Waals surface area contributed by atoms with Gasteiger partial charge in [0.25, 0.3) is 5.91 Å². The molecule has 4 rings (SSSR count). The van der Waals surface area contributed by atoms with E-state index in [-0.39, 0.29) is 24.5 Å². The Morgan fingerprint density at radius 1 is 1.41 bits per heavy atom. The molecular weight excluding hydrogens is 381 g/mol. The lowest BCUT2D eigenvalue weighted by atomic mass is 10.0. The second kappa shape index (κ2) is 6.76. The fourth-order valence-corrected chi connectivity index (χ4v) is 3.82. The number of alkyl halides is 3. The molecule has 0 saturated carbocycles. The Morgan fingerprint density at radius 3 is 2.93 bits per heavy atom. The van der Waals surface area contributed by atoms with Crippen molar-refractivity contribution in [3.63, 3.8) is 0 Å². The van der Waals surface area contributed by atoms with Gasteiger partial charge in [-0.05, 0) is 23.6 Å². The van der Waals surface area contributed by atoms with Crippen molar-refractivity contribution in [2.45, 2.75) is 31.2 Å². The highest BCUT2D eigenvalue weighted by Gasteiger charge is 2.47. The van der Waals surface area contributed by atoms with Gasteiger partial charge in [-0.1, -0.05) is 6.07 Å². The molecule has 6 nitrogen and oxygen atoms in total. The van der Waals surface area contributed by atoms with E-state index < -0.39 is 24.2 Å². The van der Waals surface area contributed by atoms with Crippen molar-refractivity contribution in [3.8, 4) is 0 Å². The highest BCUT2D eigenvalue weighted by atomic mass is 32.1. The summed E-state index contributed by atoms with van der Waals surface area (Å²) in [6, 6.07) is 6.01. The van der Waals surface area contributed by atoms with Crippen LogP contribution in [0, 0.1) is 0 Å². The molecule has 0 spiro atoms. The van der Waals surface area contributed by atoms with E-state index >= 15 is 0 Å². The van der Waals surface area contributed by atoms with Gasteiger partial charge in [-0.25, -0.2) is 4.68 Å². The van der Waals surface area contributed by atoms with Crippen LogP contribution in [0.15, 0.2) is 46.4 Å². The fraction of sp³-hybridized carbons (Fsp3) is 0.294. The number of amides is 1. The SMILES string of the molecule is O=C(NCc1ccco1)c1cc2n(n1)[C@H](C(F)(F)F)C[C@@H](c1cccs1)N2. The Bertz CT molecular complexity index is 919. The minimum Gasteiger partial charge on any atom is -0.467 e. The van der Waals surface area contributed by atoms with E-state index in [0.29, 0.717) is 5.76 Å². The van der Waals surface area contributed by atoms with Crippen molar-refractivity contribution in [2.75, 3.05) is 5.32 Å². The molecule has 0 saturated heterocycles. The summed E-state index contributed by atoms with van der Waals surface area (Å²) in [7, 11) is 0. The molecule has 0 aliphatic carbocycles. The molecule has 0 aromatic carbocycles. The summed E-state index contributed by atoms with van der Waals surface area (Å²) < 4.78 is 46.7. The van der Waals surface area contributed by atoms with E-state index in [0.717, 1.165) is 9.56 Å². The van der Waals surface area contributed by atoms with Crippen LogP contribution >= 0.6 is 11.3 Å². The molecule has 0 bridgehead atoms. The molecule has 0 radical (unpaired) electrons. The van der Waals surface area contributed by atoms with Crippen molar-refractivity contribution >= 4 is 23.1 Å². The molecule has 1 aliphatic heterocycles. The maximum atomic E-state index is 13.6. The zero-order valence-corrected chi connectivity index (χ0v) is 14.7. The highest BCUT2D eigenvalue weighted by Crippen LogP contribution is 2.44. The van der Waals surface area contributed by atoms with Crippen molar-refractivity contribution in [3.05, 3.63) is 58.3 Å². The first kappa shape index (κ1) is 17.7. The summed E-state index contributed by atoms with van der Waals surface area (Å²) in [4.78, 5) is 13.1. The lowest BCUT2D eigenvalue weighted by molar-refractivity contribution is -0.173. The number of halogens is 3. The average Bonchev–Trinajstić information content (AvgIpc) is 3.38. The largest absolute Gasteiger partial charge is 0.467 e. The number of carbonyl (C=O) groups is 1.